The van der Waals surface area contributed by atoms with Crippen molar-refractivity contribution in [2.45, 2.75) is 37.6 Å². The highest BCUT2D eigenvalue weighted by atomic mass is 32.2. The second-order valence-corrected chi connectivity index (χ2v) is 10.1. The molecule has 5 rings (SSSR count). The van der Waals surface area contributed by atoms with E-state index in [1.807, 2.05) is 34.9 Å². The van der Waals surface area contributed by atoms with Crippen LogP contribution in [0.5, 0.6) is 0 Å². The summed E-state index contributed by atoms with van der Waals surface area (Å²) < 4.78 is 30.0. The number of carbonyl (C=O) groups is 1. The van der Waals surface area contributed by atoms with Crippen LogP contribution < -0.4 is 5.32 Å². The minimum atomic E-state index is -3.60. The number of hydrogen-bond acceptors (Lipinski definition) is 6. The molecule has 2 aromatic carbocycles. The number of anilines is 1. The number of aromatic nitrogens is 4. The lowest BCUT2D eigenvalue weighted by Crippen LogP contribution is -2.35. The monoisotopic (exact) mass is 464 g/mol. The zero-order valence-corrected chi connectivity index (χ0v) is 19.0. The van der Waals surface area contributed by atoms with Gasteiger partial charge in [0.05, 0.1) is 10.4 Å². The molecule has 0 radical (unpaired) electrons. The Morgan fingerprint density at radius 1 is 1.03 bits per heavy atom. The second-order valence-electron chi connectivity index (χ2n) is 8.20. The van der Waals surface area contributed by atoms with Crippen LogP contribution in [0.2, 0.25) is 0 Å². The summed E-state index contributed by atoms with van der Waals surface area (Å²) in [5.74, 6) is -0.190. The molecule has 1 fully saturated rings. The second kappa shape index (κ2) is 8.53. The van der Waals surface area contributed by atoms with E-state index in [-0.39, 0.29) is 16.8 Å². The lowest BCUT2D eigenvalue weighted by atomic mass is 10.2. The van der Waals surface area contributed by atoms with Gasteiger partial charge in [0, 0.05) is 31.9 Å². The maximum Gasteiger partial charge on any atom is 0.251 e. The number of rotatable bonds is 5. The smallest absolute Gasteiger partial charge is 0.251 e. The molecular formula is C23H24N6O3S. The van der Waals surface area contributed by atoms with E-state index in [2.05, 4.69) is 20.5 Å². The molecule has 10 heteroatoms. The van der Waals surface area contributed by atoms with Crippen LogP contribution in [-0.4, -0.2) is 51.5 Å². The predicted molar refractivity (Wildman–Crippen MR) is 125 cm³/mol. The van der Waals surface area contributed by atoms with E-state index in [1.165, 1.54) is 6.92 Å². The molecule has 0 spiro atoms. The largest absolute Gasteiger partial charge is 0.319 e. The van der Waals surface area contributed by atoms with Crippen molar-refractivity contribution < 1.29 is 13.2 Å². The van der Waals surface area contributed by atoms with Gasteiger partial charge in [-0.3, -0.25) is 10.1 Å². The van der Waals surface area contributed by atoms with Gasteiger partial charge in [0.2, 0.25) is 15.9 Å². The average Bonchev–Trinajstić information content (AvgIpc) is 3.12. The van der Waals surface area contributed by atoms with Gasteiger partial charge in [0.15, 0.2) is 5.65 Å². The molecule has 0 bridgehead atoms. The molecule has 0 saturated carbocycles. The van der Waals surface area contributed by atoms with Crippen LogP contribution in [-0.2, 0) is 21.4 Å². The van der Waals surface area contributed by atoms with Gasteiger partial charge in [-0.15, -0.1) is 10.2 Å². The summed E-state index contributed by atoms with van der Waals surface area (Å²) in [4.78, 5) is 16.3. The van der Waals surface area contributed by atoms with Crippen molar-refractivity contribution >= 4 is 43.9 Å². The van der Waals surface area contributed by atoms with Crippen molar-refractivity contribution in [1.29, 1.82) is 0 Å². The van der Waals surface area contributed by atoms with Crippen molar-refractivity contribution in [2.24, 2.45) is 0 Å². The Bertz CT molecular complexity index is 1440. The first-order valence-corrected chi connectivity index (χ1v) is 12.4. The number of amides is 1. The summed E-state index contributed by atoms with van der Waals surface area (Å²) in [5, 5.41) is 11.6. The third-order valence-electron chi connectivity index (χ3n) is 5.86. The quantitative estimate of drug-likeness (QED) is 0.486. The van der Waals surface area contributed by atoms with Gasteiger partial charge in [-0.2, -0.15) is 9.29 Å². The van der Waals surface area contributed by atoms with Crippen LogP contribution >= 0.6 is 0 Å². The van der Waals surface area contributed by atoms with E-state index in [0.29, 0.717) is 36.2 Å². The molecule has 1 aliphatic rings. The number of nitrogens with zero attached hydrogens (tertiary/aromatic N) is 5. The molecule has 3 heterocycles. The lowest BCUT2D eigenvalue weighted by molar-refractivity contribution is -0.114. The summed E-state index contributed by atoms with van der Waals surface area (Å²) in [5.41, 5.74) is 2.88. The fourth-order valence-corrected chi connectivity index (χ4v) is 5.83. The zero-order valence-electron chi connectivity index (χ0n) is 18.2. The standard InChI is InChI=1S/C23H24N6O3S/c1-16(30)24-23-25-22-21(26-27-23)19-14-18(33(31,32)28-12-6-3-7-13-28)10-11-20(19)29(22)15-17-8-4-2-5-9-17/h2,4-5,8-11,14H,3,6-7,12-13,15H2,1H3,(H,24,25,27,30). The summed E-state index contributed by atoms with van der Waals surface area (Å²) >= 11 is 0. The van der Waals surface area contributed by atoms with Crippen molar-refractivity contribution in [1.82, 2.24) is 24.1 Å². The van der Waals surface area contributed by atoms with Gasteiger partial charge in [0.25, 0.3) is 5.95 Å². The van der Waals surface area contributed by atoms with Gasteiger partial charge in [-0.25, -0.2) is 8.42 Å². The Kier molecular flexibility index (Phi) is 5.55. The Morgan fingerprint density at radius 2 is 1.79 bits per heavy atom. The van der Waals surface area contributed by atoms with Crippen LogP contribution in [0, 0.1) is 0 Å². The van der Waals surface area contributed by atoms with Gasteiger partial charge < -0.3 is 4.57 Å². The maximum atomic E-state index is 13.3. The van der Waals surface area contributed by atoms with Crippen molar-refractivity contribution in [2.75, 3.05) is 18.4 Å². The Balaban J connectivity index is 1.68. The van der Waals surface area contributed by atoms with Gasteiger partial charge >= 0.3 is 0 Å². The Hall–Kier alpha value is -3.37. The Labute approximate surface area is 191 Å². The van der Waals surface area contributed by atoms with Crippen molar-refractivity contribution in [3.05, 3.63) is 54.1 Å². The van der Waals surface area contributed by atoms with Crippen LogP contribution in [0.15, 0.2) is 53.4 Å². The molecular weight excluding hydrogens is 440 g/mol. The minimum Gasteiger partial charge on any atom is -0.319 e. The normalized spacial score (nSPS) is 15.2. The van der Waals surface area contributed by atoms with Crippen LogP contribution in [0.1, 0.15) is 31.7 Å². The van der Waals surface area contributed by atoms with Crippen LogP contribution in [0.3, 0.4) is 0 Å². The molecule has 1 saturated heterocycles. The molecule has 1 aliphatic heterocycles. The van der Waals surface area contributed by atoms with E-state index in [1.54, 1.807) is 22.5 Å². The summed E-state index contributed by atoms with van der Waals surface area (Å²) in [6.07, 6.45) is 2.80. The highest BCUT2D eigenvalue weighted by Gasteiger charge is 2.27. The maximum absolute atomic E-state index is 13.3. The fourth-order valence-electron chi connectivity index (χ4n) is 4.29. The van der Waals surface area contributed by atoms with Gasteiger partial charge in [-0.05, 0) is 36.6 Å². The van der Waals surface area contributed by atoms with Gasteiger partial charge in [0.1, 0.15) is 5.52 Å². The Morgan fingerprint density at radius 3 is 2.52 bits per heavy atom. The lowest BCUT2D eigenvalue weighted by Gasteiger charge is -2.25. The first-order valence-electron chi connectivity index (χ1n) is 10.9. The number of sulfonamides is 1. The van der Waals surface area contributed by atoms with Crippen molar-refractivity contribution in [3.8, 4) is 0 Å². The van der Waals surface area contributed by atoms with Crippen LogP contribution in [0.25, 0.3) is 22.1 Å². The topological polar surface area (TPSA) is 110 Å². The zero-order chi connectivity index (χ0) is 23.0. The average molecular weight is 465 g/mol. The van der Waals surface area contributed by atoms with E-state index >= 15 is 0 Å². The number of piperidine rings is 1. The molecule has 4 aromatic rings. The van der Waals surface area contributed by atoms with E-state index in [9.17, 15) is 13.2 Å². The molecule has 9 nitrogen and oxygen atoms in total. The minimum absolute atomic E-state index is 0.105. The molecule has 1 N–H and O–H groups in total. The van der Waals surface area contributed by atoms with Gasteiger partial charge in [-0.1, -0.05) is 36.8 Å². The molecule has 0 atom stereocenters. The van der Waals surface area contributed by atoms with Crippen LogP contribution in [0.4, 0.5) is 5.95 Å². The third-order valence-corrected chi connectivity index (χ3v) is 7.76. The number of benzene rings is 2. The number of nitrogens with one attached hydrogen (secondary N) is 1. The fraction of sp³-hybridized carbons (Fsp3) is 0.304. The molecule has 2 aromatic heterocycles. The number of hydrogen-bond donors (Lipinski definition) is 1. The molecule has 0 aliphatic carbocycles. The molecule has 170 valence electrons. The first-order chi connectivity index (χ1) is 15.9. The molecule has 33 heavy (non-hydrogen) atoms. The third kappa shape index (κ3) is 4.07. The molecule has 0 unspecified atom stereocenters. The molecule has 1 amide bonds. The van der Waals surface area contributed by atoms with E-state index in [4.69, 9.17) is 0 Å². The highest BCUT2D eigenvalue weighted by molar-refractivity contribution is 7.89. The summed E-state index contributed by atoms with van der Waals surface area (Å²) in [6, 6.07) is 15.0. The summed E-state index contributed by atoms with van der Waals surface area (Å²) in [6.45, 7) is 2.97. The van der Waals surface area contributed by atoms with E-state index < -0.39 is 10.0 Å². The first kappa shape index (κ1) is 21.5. The van der Waals surface area contributed by atoms with Crippen molar-refractivity contribution in [3.63, 3.8) is 0 Å². The van der Waals surface area contributed by atoms with E-state index in [0.717, 1.165) is 30.3 Å². The SMILES string of the molecule is CC(=O)Nc1nnc2c3cc(S(=O)(=O)N4CCCCC4)ccc3n(Cc3ccccc3)c2n1. The highest BCUT2D eigenvalue weighted by Crippen LogP contribution is 2.31. The number of carbonyl (C=O) groups excluding carboxylic acids is 1. The predicted octanol–water partition coefficient (Wildman–Crippen LogP) is 3.16. The number of fused-ring (bicyclic) bond motifs is 3. The summed E-state index contributed by atoms with van der Waals surface area (Å²) in [7, 11) is -3.60.